The monoisotopic (exact) mass is 334 g/mol. The van der Waals surface area contributed by atoms with Crippen molar-refractivity contribution in [2.75, 3.05) is 6.54 Å². The zero-order valence-corrected chi connectivity index (χ0v) is 14.4. The molecule has 2 N–H and O–H groups in total. The van der Waals surface area contributed by atoms with Crippen LogP contribution in [0, 0.1) is 12.3 Å². The molecule has 1 aromatic rings. The van der Waals surface area contributed by atoms with Gasteiger partial charge in [0.25, 0.3) is 5.91 Å². The molecule has 0 atom stereocenters. The molecule has 0 fully saturated rings. The molecule has 5 heteroatoms. The summed E-state index contributed by atoms with van der Waals surface area (Å²) in [5.74, 6) is 2.40. The summed E-state index contributed by atoms with van der Waals surface area (Å²) in [6.45, 7) is 4.34. The molecular formula is C18H23ClN2O2. The zero-order chi connectivity index (χ0) is 17.3. The third kappa shape index (κ3) is 5.96. The van der Waals surface area contributed by atoms with Gasteiger partial charge in [-0.05, 0) is 43.5 Å². The van der Waals surface area contributed by atoms with Gasteiger partial charge in [0.05, 0.1) is 0 Å². The van der Waals surface area contributed by atoms with Gasteiger partial charge in [0.1, 0.15) is 5.54 Å². The number of amides is 2. The summed E-state index contributed by atoms with van der Waals surface area (Å²) >= 11 is 5.78. The molecule has 0 heterocycles. The van der Waals surface area contributed by atoms with Gasteiger partial charge >= 0.3 is 0 Å². The van der Waals surface area contributed by atoms with E-state index in [0.29, 0.717) is 42.8 Å². The van der Waals surface area contributed by atoms with Crippen molar-refractivity contribution in [1.29, 1.82) is 0 Å². The van der Waals surface area contributed by atoms with Crippen molar-refractivity contribution >= 4 is 23.4 Å². The van der Waals surface area contributed by atoms with Crippen molar-refractivity contribution in [3.63, 3.8) is 0 Å². The predicted octanol–water partition coefficient (Wildman–Crippen LogP) is 3.16. The Bertz CT molecular complexity index is 572. The first kappa shape index (κ1) is 19.1. The Balaban J connectivity index is 2.34. The number of hydrogen-bond donors (Lipinski definition) is 2. The first-order valence-electron chi connectivity index (χ1n) is 7.79. The molecular weight excluding hydrogens is 312 g/mol. The summed E-state index contributed by atoms with van der Waals surface area (Å²) in [6.07, 6.45) is 7.78. The average Bonchev–Trinajstić information content (AvgIpc) is 2.57. The fourth-order valence-electron chi connectivity index (χ4n) is 2.15. The van der Waals surface area contributed by atoms with Gasteiger partial charge in [-0.15, -0.1) is 6.42 Å². The van der Waals surface area contributed by atoms with Crippen LogP contribution in [0.1, 0.15) is 49.9 Å². The van der Waals surface area contributed by atoms with Crippen molar-refractivity contribution < 1.29 is 9.59 Å². The number of terminal acetylenes is 1. The number of hydrogen-bond acceptors (Lipinski definition) is 2. The lowest BCUT2D eigenvalue weighted by atomic mass is 9.93. The minimum atomic E-state index is -0.566. The van der Waals surface area contributed by atoms with Crippen molar-refractivity contribution in [3.05, 3.63) is 34.9 Å². The molecule has 23 heavy (non-hydrogen) atoms. The minimum Gasteiger partial charge on any atom is -0.352 e. The number of carbonyl (C=O) groups excluding carboxylic acids is 2. The number of nitrogens with one attached hydrogen (secondary N) is 2. The van der Waals surface area contributed by atoms with Gasteiger partial charge in [0, 0.05) is 23.6 Å². The quantitative estimate of drug-likeness (QED) is 0.566. The first-order valence-corrected chi connectivity index (χ1v) is 8.16. The summed E-state index contributed by atoms with van der Waals surface area (Å²) in [4.78, 5) is 23.8. The van der Waals surface area contributed by atoms with Gasteiger partial charge in [-0.1, -0.05) is 31.4 Å². The lowest BCUT2D eigenvalue weighted by molar-refractivity contribution is -0.122. The Morgan fingerprint density at radius 3 is 2.35 bits per heavy atom. The Morgan fingerprint density at radius 1 is 1.22 bits per heavy atom. The van der Waals surface area contributed by atoms with Crippen LogP contribution in [0.2, 0.25) is 5.02 Å². The van der Waals surface area contributed by atoms with Crippen molar-refractivity contribution in [2.24, 2.45) is 0 Å². The molecule has 0 radical (unpaired) electrons. The summed E-state index contributed by atoms with van der Waals surface area (Å²) in [7, 11) is 0. The maximum absolute atomic E-state index is 12.0. The Labute approximate surface area is 143 Å². The second-order valence-corrected chi connectivity index (χ2v) is 5.78. The first-order chi connectivity index (χ1) is 11.0. The van der Waals surface area contributed by atoms with Gasteiger partial charge in [-0.3, -0.25) is 9.59 Å². The maximum atomic E-state index is 12.0. The predicted molar refractivity (Wildman–Crippen MR) is 93.3 cm³/mol. The van der Waals surface area contributed by atoms with E-state index in [1.807, 2.05) is 13.8 Å². The van der Waals surface area contributed by atoms with Crippen LogP contribution < -0.4 is 10.6 Å². The van der Waals surface area contributed by atoms with Crippen molar-refractivity contribution in [2.45, 2.75) is 45.1 Å². The lowest BCUT2D eigenvalue weighted by Gasteiger charge is -2.27. The summed E-state index contributed by atoms with van der Waals surface area (Å²) < 4.78 is 0. The molecule has 2 amide bonds. The smallest absolute Gasteiger partial charge is 0.251 e. The number of benzene rings is 1. The molecule has 1 rings (SSSR count). The fraction of sp³-hybridized carbons (Fsp3) is 0.444. The van der Waals surface area contributed by atoms with Gasteiger partial charge in [0.2, 0.25) is 5.91 Å². The molecule has 4 nitrogen and oxygen atoms in total. The highest BCUT2D eigenvalue weighted by atomic mass is 35.5. The van der Waals surface area contributed by atoms with E-state index in [4.69, 9.17) is 18.0 Å². The molecule has 0 bridgehead atoms. The van der Waals surface area contributed by atoms with Gasteiger partial charge < -0.3 is 10.6 Å². The summed E-state index contributed by atoms with van der Waals surface area (Å²) in [5, 5.41) is 6.26. The number of carbonyl (C=O) groups is 2. The maximum Gasteiger partial charge on any atom is 0.251 e. The van der Waals surface area contributed by atoms with Crippen LogP contribution >= 0.6 is 11.6 Å². The standard InChI is InChI=1S/C18H23ClN2O2/c1-4-18(5-2,6-3)21-16(22)8-7-13-20-17(23)14-9-11-15(19)12-10-14/h1,9-12H,5-8,13H2,2-3H3,(H,20,23)(H,21,22). The topological polar surface area (TPSA) is 58.2 Å². The molecule has 1 aromatic carbocycles. The number of rotatable bonds is 8. The number of halogens is 1. The normalized spacial score (nSPS) is 10.7. The molecule has 0 aliphatic rings. The van der Waals surface area contributed by atoms with Crippen molar-refractivity contribution in [1.82, 2.24) is 10.6 Å². The van der Waals surface area contributed by atoms with Crippen LogP contribution in [0.4, 0.5) is 0 Å². The van der Waals surface area contributed by atoms with E-state index in [0.717, 1.165) is 0 Å². The van der Waals surface area contributed by atoms with Crippen LogP contribution in [-0.2, 0) is 4.79 Å². The SMILES string of the molecule is C#CC(CC)(CC)NC(=O)CCCNC(=O)c1ccc(Cl)cc1. The molecule has 0 saturated heterocycles. The molecule has 0 spiro atoms. The second kappa shape index (κ2) is 9.22. The van der Waals surface area contributed by atoms with E-state index in [1.54, 1.807) is 24.3 Å². The van der Waals surface area contributed by atoms with Gasteiger partial charge in [0.15, 0.2) is 0 Å². The van der Waals surface area contributed by atoms with E-state index < -0.39 is 5.54 Å². The van der Waals surface area contributed by atoms with Crippen LogP contribution in [-0.4, -0.2) is 23.9 Å². The Morgan fingerprint density at radius 2 is 1.83 bits per heavy atom. The molecule has 0 aromatic heterocycles. The Kier molecular flexibility index (Phi) is 7.64. The molecule has 0 unspecified atom stereocenters. The second-order valence-electron chi connectivity index (χ2n) is 5.35. The van der Waals surface area contributed by atoms with Gasteiger partial charge in [-0.2, -0.15) is 0 Å². The highest BCUT2D eigenvalue weighted by Crippen LogP contribution is 2.14. The van der Waals surface area contributed by atoms with Crippen LogP contribution in [0.15, 0.2) is 24.3 Å². The van der Waals surface area contributed by atoms with Crippen LogP contribution in [0.3, 0.4) is 0 Å². The van der Waals surface area contributed by atoms with Crippen molar-refractivity contribution in [3.8, 4) is 12.3 Å². The zero-order valence-electron chi connectivity index (χ0n) is 13.6. The molecule has 0 saturated carbocycles. The highest BCUT2D eigenvalue weighted by molar-refractivity contribution is 6.30. The Hall–Kier alpha value is -1.99. The lowest BCUT2D eigenvalue weighted by Crippen LogP contribution is -2.46. The van der Waals surface area contributed by atoms with E-state index in [1.165, 1.54) is 0 Å². The van der Waals surface area contributed by atoms with E-state index in [-0.39, 0.29) is 11.8 Å². The minimum absolute atomic E-state index is 0.0904. The third-order valence-corrected chi connectivity index (χ3v) is 4.09. The highest BCUT2D eigenvalue weighted by Gasteiger charge is 2.24. The fourth-order valence-corrected chi connectivity index (χ4v) is 2.28. The third-order valence-electron chi connectivity index (χ3n) is 3.83. The van der Waals surface area contributed by atoms with E-state index in [9.17, 15) is 9.59 Å². The van der Waals surface area contributed by atoms with Crippen LogP contribution in [0.5, 0.6) is 0 Å². The van der Waals surface area contributed by atoms with Gasteiger partial charge in [-0.25, -0.2) is 0 Å². The molecule has 124 valence electrons. The molecule has 0 aliphatic heterocycles. The largest absolute Gasteiger partial charge is 0.352 e. The molecule has 0 aliphatic carbocycles. The summed E-state index contributed by atoms with van der Waals surface area (Å²) in [6, 6.07) is 6.65. The average molecular weight is 335 g/mol. The van der Waals surface area contributed by atoms with Crippen LogP contribution in [0.25, 0.3) is 0 Å². The van der Waals surface area contributed by atoms with E-state index in [2.05, 4.69) is 16.6 Å². The van der Waals surface area contributed by atoms with E-state index >= 15 is 0 Å². The summed E-state index contributed by atoms with van der Waals surface area (Å²) in [5.41, 5.74) is -0.0222.